The Balaban J connectivity index is 1.48. The molecule has 0 aliphatic rings. The molecule has 0 saturated carbocycles. The van der Waals surface area contributed by atoms with Crippen molar-refractivity contribution < 1.29 is 32.6 Å². The molecule has 5 N–H and O–H groups in total. The molecule has 11 heteroatoms. The molecular formula is C27H25N3O7S. The van der Waals surface area contributed by atoms with Crippen molar-refractivity contribution in [1.82, 2.24) is 4.41 Å². The molecule has 0 saturated heterocycles. The van der Waals surface area contributed by atoms with E-state index in [2.05, 4.69) is 5.32 Å². The summed E-state index contributed by atoms with van der Waals surface area (Å²) < 4.78 is 31.7. The van der Waals surface area contributed by atoms with Crippen LogP contribution in [0.15, 0.2) is 93.8 Å². The molecule has 0 fully saturated rings. The van der Waals surface area contributed by atoms with Crippen molar-refractivity contribution in [2.75, 3.05) is 5.32 Å². The molecule has 1 heterocycles. The maximum atomic E-state index is 12.9. The van der Waals surface area contributed by atoms with Gasteiger partial charge in [0.15, 0.2) is 11.8 Å². The predicted molar refractivity (Wildman–Crippen MR) is 142 cm³/mol. The first-order valence-electron chi connectivity index (χ1n) is 11.4. The number of nitrogens with one attached hydrogen (secondary N) is 1. The molecule has 0 aliphatic carbocycles. The minimum atomic E-state index is -4.27. The smallest absolute Gasteiger partial charge is 0.327 e. The summed E-state index contributed by atoms with van der Waals surface area (Å²) in [4.78, 5) is 24.0. The number of anilines is 1. The number of benzene rings is 3. The Kier molecular flexibility index (Phi) is 7.35. The Bertz CT molecular complexity index is 1640. The lowest BCUT2D eigenvalue weighted by molar-refractivity contribution is -0.139. The standard InChI is InChI=1S/C27H25N3O7S/c1-16(2)13-23(27(33)34)30(28)38(35,36)22-10-5-18(6-11-22)17-3-7-20(8-4-17)29-26(32)25-15-19-14-21(31)9-12-24(19)37-25/h3-15,23,31H,28H2,1-2H3,(H,29,32)(H,33,34). The zero-order valence-electron chi connectivity index (χ0n) is 20.5. The number of hydrazine groups is 1. The number of fused-ring (bicyclic) bond motifs is 1. The number of sulfonamides is 1. The molecule has 38 heavy (non-hydrogen) atoms. The number of phenolic OH excluding ortho intramolecular Hbond substituents is 1. The second-order valence-corrected chi connectivity index (χ2v) is 10.6. The molecule has 1 aromatic heterocycles. The number of furan rings is 1. The number of rotatable bonds is 8. The molecule has 0 bridgehead atoms. The van der Waals surface area contributed by atoms with E-state index in [-0.39, 0.29) is 16.4 Å². The summed E-state index contributed by atoms with van der Waals surface area (Å²) >= 11 is 0. The van der Waals surface area contributed by atoms with Gasteiger partial charge in [0.2, 0.25) is 0 Å². The number of hydrogen-bond donors (Lipinski definition) is 4. The van der Waals surface area contributed by atoms with Crippen molar-refractivity contribution >= 4 is 38.6 Å². The van der Waals surface area contributed by atoms with E-state index in [0.29, 0.717) is 32.2 Å². The van der Waals surface area contributed by atoms with Gasteiger partial charge in [0.25, 0.3) is 15.9 Å². The molecule has 4 rings (SSSR count). The molecule has 0 spiro atoms. The largest absolute Gasteiger partial charge is 0.508 e. The molecule has 0 radical (unpaired) electrons. The van der Waals surface area contributed by atoms with Gasteiger partial charge >= 0.3 is 5.97 Å². The Morgan fingerprint density at radius 1 is 0.974 bits per heavy atom. The first-order valence-corrected chi connectivity index (χ1v) is 12.8. The SMILES string of the molecule is CC(C)=CC(C(=O)O)N(N)S(=O)(=O)c1ccc(-c2ccc(NC(=O)c3cc4cc(O)ccc4o3)cc2)cc1. The van der Waals surface area contributed by atoms with Crippen LogP contribution < -0.4 is 11.2 Å². The molecule has 1 unspecified atom stereocenters. The Hall–Kier alpha value is -4.45. The highest BCUT2D eigenvalue weighted by Crippen LogP contribution is 2.26. The number of nitrogens with zero attached hydrogens (tertiary/aromatic N) is 1. The van der Waals surface area contributed by atoms with E-state index in [4.69, 9.17) is 10.3 Å². The molecule has 1 atom stereocenters. The molecule has 1 amide bonds. The van der Waals surface area contributed by atoms with E-state index in [1.54, 1.807) is 56.3 Å². The van der Waals surface area contributed by atoms with Crippen LogP contribution in [0.5, 0.6) is 5.75 Å². The van der Waals surface area contributed by atoms with Crippen LogP contribution in [0.1, 0.15) is 24.4 Å². The molecule has 196 valence electrons. The van der Waals surface area contributed by atoms with E-state index in [1.807, 2.05) is 0 Å². The number of aliphatic carboxylic acids is 1. The number of carboxylic acids is 1. The average molecular weight is 536 g/mol. The van der Waals surface area contributed by atoms with Gasteiger partial charge in [-0.15, -0.1) is 4.41 Å². The molecule has 0 aliphatic heterocycles. The highest BCUT2D eigenvalue weighted by molar-refractivity contribution is 7.89. The highest BCUT2D eigenvalue weighted by Gasteiger charge is 2.32. The number of carbonyl (C=O) groups excluding carboxylic acids is 1. The highest BCUT2D eigenvalue weighted by atomic mass is 32.2. The predicted octanol–water partition coefficient (Wildman–Crippen LogP) is 4.34. The molecule has 3 aromatic carbocycles. The first kappa shape index (κ1) is 26.6. The Labute approximate surface area is 218 Å². The summed E-state index contributed by atoms with van der Waals surface area (Å²) in [5.41, 5.74) is 3.04. The lowest BCUT2D eigenvalue weighted by Gasteiger charge is -2.21. The third-order valence-electron chi connectivity index (χ3n) is 5.65. The third-order valence-corrected chi connectivity index (χ3v) is 7.30. The van der Waals surface area contributed by atoms with Crippen LogP contribution in [0.3, 0.4) is 0 Å². The van der Waals surface area contributed by atoms with Crippen molar-refractivity contribution in [2.24, 2.45) is 5.84 Å². The minimum Gasteiger partial charge on any atom is -0.508 e. The second-order valence-electron chi connectivity index (χ2n) is 8.75. The van der Waals surface area contributed by atoms with E-state index in [1.165, 1.54) is 36.4 Å². The fraction of sp³-hybridized carbons (Fsp3) is 0.111. The van der Waals surface area contributed by atoms with Crippen LogP contribution in [0, 0.1) is 0 Å². The number of carboxylic acid groups (broad SMARTS) is 1. The fourth-order valence-electron chi connectivity index (χ4n) is 3.74. The number of hydrogen-bond acceptors (Lipinski definition) is 7. The van der Waals surface area contributed by atoms with Gasteiger partial charge in [-0.25, -0.2) is 8.42 Å². The number of nitrogens with two attached hydrogens (primary N) is 1. The van der Waals surface area contributed by atoms with Gasteiger partial charge in [-0.05, 0) is 73.5 Å². The van der Waals surface area contributed by atoms with Gasteiger partial charge < -0.3 is 19.9 Å². The maximum Gasteiger partial charge on any atom is 0.327 e. The summed E-state index contributed by atoms with van der Waals surface area (Å²) in [6.45, 7) is 3.29. The first-order chi connectivity index (χ1) is 18.0. The van der Waals surface area contributed by atoms with Crippen molar-refractivity contribution in [3.8, 4) is 16.9 Å². The summed E-state index contributed by atoms with van der Waals surface area (Å²) in [6, 6.07) is 17.3. The van der Waals surface area contributed by atoms with Crippen LogP contribution >= 0.6 is 0 Å². The van der Waals surface area contributed by atoms with Crippen molar-refractivity contribution in [2.45, 2.75) is 24.8 Å². The summed E-state index contributed by atoms with van der Waals surface area (Å²) in [6.07, 6.45) is 1.26. The summed E-state index contributed by atoms with van der Waals surface area (Å²) in [5, 5.41) is 22.3. The molecular weight excluding hydrogens is 510 g/mol. The van der Waals surface area contributed by atoms with Crippen LogP contribution in [0.2, 0.25) is 0 Å². The van der Waals surface area contributed by atoms with Gasteiger partial charge in [0.1, 0.15) is 11.3 Å². The van der Waals surface area contributed by atoms with E-state index in [0.717, 1.165) is 5.56 Å². The van der Waals surface area contributed by atoms with E-state index in [9.17, 15) is 28.2 Å². The van der Waals surface area contributed by atoms with Gasteiger partial charge in [-0.1, -0.05) is 35.9 Å². The van der Waals surface area contributed by atoms with E-state index < -0.39 is 27.9 Å². The lowest BCUT2D eigenvalue weighted by Crippen LogP contribution is -2.48. The Morgan fingerprint density at radius 2 is 1.58 bits per heavy atom. The normalized spacial score (nSPS) is 12.3. The monoisotopic (exact) mass is 535 g/mol. The summed E-state index contributed by atoms with van der Waals surface area (Å²) in [7, 11) is -4.27. The van der Waals surface area contributed by atoms with Crippen LogP contribution in [0.25, 0.3) is 22.1 Å². The van der Waals surface area contributed by atoms with Gasteiger partial charge in [0, 0.05) is 11.1 Å². The number of carbonyl (C=O) groups is 2. The number of phenols is 1. The van der Waals surface area contributed by atoms with E-state index >= 15 is 0 Å². The van der Waals surface area contributed by atoms with Crippen LogP contribution in [0.4, 0.5) is 5.69 Å². The molecule has 4 aromatic rings. The Morgan fingerprint density at radius 3 is 2.16 bits per heavy atom. The van der Waals surface area contributed by atoms with Gasteiger partial charge in [0.05, 0.1) is 4.90 Å². The lowest BCUT2D eigenvalue weighted by atomic mass is 10.1. The third kappa shape index (κ3) is 5.59. The average Bonchev–Trinajstić information content (AvgIpc) is 3.30. The van der Waals surface area contributed by atoms with Crippen molar-refractivity contribution in [3.63, 3.8) is 0 Å². The zero-order valence-corrected chi connectivity index (χ0v) is 21.3. The van der Waals surface area contributed by atoms with Crippen molar-refractivity contribution in [1.29, 1.82) is 0 Å². The topological polar surface area (TPSA) is 163 Å². The fourth-order valence-corrected chi connectivity index (χ4v) is 4.91. The van der Waals surface area contributed by atoms with Gasteiger partial charge in [-0.3, -0.25) is 15.4 Å². The van der Waals surface area contributed by atoms with Gasteiger partial charge in [-0.2, -0.15) is 0 Å². The summed E-state index contributed by atoms with van der Waals surface area (Å²) in [5.74, 6) is 4.04. The molecule has 10 nitrogen and oxygen atoms in total. The van der Waals surface area contributed by atoms with Crippen LogP contribution in [-0.2, 0) is 14.8 Å². The van der Waals surface area contributed by atoms with Crippen LogP contribution in [-0.4, -0.2) is 41.0 Å². The minimum absolute atomic E-state index is 0.0695. The maximum absolute atomic E-state index is 12.9. The quantitative estimate of drug-likeness (QED) is 0.147. The number of amides is 1. The zero-order chi connectivity index (χ0) is 27.6. The van der Waals surface area contributed by atoms with Crippen molar-refractivity contribution in [3.05, 3.63) is 90.2 Å². The number of aromatic hydroxyl groups is 1. The number of allylic oxidation sites excluding steroid dienone is 1. The second kappa shape index (κ2) is 10.5.